The third-order valence-electron chi connectivity index (χ3n) is 14.7. The second kappa shape index (κ2) is 23.1. The van der Waals surface area contributed by atoms with Crippen LogP contribution in [0, 0.1) is 10.8 Å². The molecule has 0 bridgehead atoms. The molecule has 4 aliphatic heterocycles. The van der Waals surface area contributed by atoms with Crippen molar-refractivity contribution in [2.75, 3.05) is 32.1 Å². The van der Waals surface area contributed by atoms with Crippen LogP contribution in [-0.2, 0) is 38.4 Å². The minimum atomic E-state index is -1.07. The molecule has 71 heavy (non-hydrogen) atoms. The molecule has 8 N–H and O–H groups in total. The molecule has 5 aliphatic rings. The van der Waals surface area contributed by atoms with Gasteiger partial charge in [0, 0.05) is 12.1 Å². The second-order valence-electron chi connectivity index (χ2n) is 20.9. The summed E-state index contributed by atoms with van der Waals surface area (Å²) in [6.07, 6.45) is 4.12. The van der Waals surface area contributed by atoms with Crippen molar-refractivity contribution < 1.29 is 38.4 Å². The fourth-order valence-corrected chi connectivity index (χ4v) is 14.0. The molecule has 0 aromatic heterocycles. The van der Waals surface area contributed by atoms with Crippen LogP contribution >= 0.6 is 23.5 Å². The third kappa shape index (κ3) is 12.4. The molecule has 20 heteroatoms. The van der Waals surface area contributed by atoms with Gasteiger partial charge in [-0.25, -0.2) is 0 Å². The molecule has 18 nitrogen and oxygen atoms in total. The van der Waals surface area contributed by atoms with Crippen molar-refractivity contribution in [3.8, 4) is 0 Å². The van der Waals surface area contributed by atoms with E-state index in [2.05, 4.69) is 42.5 Å². The van der Waals surface area contributed by atoms with Crippen LogP contribution in [0.25, 0.3) is 0 Å². The molecule has 8 amide bonds. The summed E-state index contributed by atoms with van der Waals surface area (Å²) in [5.74, 6) is -1.68. The number of amides is 8. The van der Waals surface area contributed by atoms with Gasteiger partial charge in [0.15, 0.2) is 0 Å². The molecule has 1 saturated carbocycles. The van der Waals surface area contributed by atoms with E-state index in [0.717, 1.165) is 0 Å². The molecule has 4 saturated heterocycles. The summed E-state index contributed by atoms with van der Waals surface area (Å²) >= 11 is 3.20. The van der Waals surface area contributed by atoms with Gasteiger partial charge >= 0.3 is 0 Å². The fraction of sp³-hybridized carbons (Fsp3) is 0.608. The molecule has 1 unspecified atom stereocenters. The van der Waals surface area contributed by atoms with E-state index < -0.39 is 76.8 Å². The Bertz CT molecular complexity index is 2280. The molecule has 2 aromatic rings. The average molecular weight is 1020 g/mol. The van der Waals surface area contributed by atoms with Crippen molar-refractivity contribution in [2.45, 2.75) is 151 Å². The number of nitrogens with one attached hydrogen (secondary N) is 8. The zero-order valence-corrected chi connectivity index (χ0v) is 43.5. The van der Waals surface area contributed by atoms with Gasteiger partial charge in [0.05, 0.1) is 23.3 Å². The minimum absolute atomic E-state index is 0.0559. The van der Waals surface area contributed by atoms with Crippen LogP contribution < -0.4 is 42.5 Å². The first-order valence-corrected chi connectivity index (χ1v) is 27.0. The first-order chi connectivity index (χ1) is 33.8. The van der Waals surface area contributed by atoms with Crippen LogP contribution in [-0.4, -0.2) is 142 Å². The minimum Gasteiger partial charge on any atom is -0.351 e. The Morgan fingerprint density at radius 1 is 0.592 bits per heavy atom. The molecule has 5 fully saturated rings. The number of fused-ring (bicyclic) bond motifs is 2. The monoisotopic (exact) mass is 1020 g/mol. The summed E-state index contributed by atoms with van der Waals surface area (Å²) in [6.45, 7) is 9.58. The van der Waals surface area contributed by atoms with E-state index in [0.29, 0.717) is 74.0 Å². The lowest BCUT2D eigenvalue weighted by Crippen LogP contribution is -2.59. The van der Waals surface area contributed by atoms with E-state index in [1.54, 1.807) is 103 Å². The standard InChI is InChI=1S/C51H72N10O8S2/c1-29(53-7)43(63)57-35-23-25-71-38-27-51(4,5)42(61(38)49(35)69)47(67)59-40(31-16-12-9-13-17-31)45(65)55-33-20-18-32(19-21-33)54-44(64)39(30-14-10-8-11-15-30)58-46(66)41-50(2,3)26-37-60(41)48(68)34(22-24-70-37)56-36(62)28-52-6/h8-17,29,32-35,37-42,52-53H,18-28H2,1-7H3,(H,54,64)(H,55,65)(H,56,62)(H,57,63)(H,58,66)(H,59,67)/t29-,32?,33?,34-,35-,37-,38-,39-,40?,41+,42+/m0/s1. The van der Waals surface area contributed by atoms with Crippen molar-refractivity contribution in [2.24, 2.45) is 10.8 Å². The Labute approximate surface area is 425 Å². The van der Waals surface area contributed by atoms with Gasteiger partial charge in [-0.15, -0.1) is 23.5 Å². The summed E-state index contributed by atoms with van der Waals surface area (Å²) < 4.78 is 0. The molecular weight excluding hydrogens is 945 g/mol. The second-order valence-corrected chi connectivity index (χ2v) is 23.5. The summed E-state index contributed by atoms with van der Waals surface area (Å²) in [6, 6.07) is 11.4. The number of carbonyl (C=O) groups is 8. The maximum Gasteiger partial charge on any atom is 0.247 e. The predicted octanol–water partition coefficient (Wildman–Crippen LogP) is 2.22. The first-order valence-electron chi connectivity index (χ1n) is 24.9. The van der Waals surface area contributed by atoms with Crippen LogP contribution in [0.1, 0.15) is 109 Å². The third-order valence-corrected chi connectivity index (χ3v) is 17.2. The molecule has 0 radical (unpaired) electrons. The molecule has 0 spiro atoms. The van der Waals surface area contributed by atoms with E-state index in [9.17, 15) is 38.4 Å². The zero-order chi connectivity index (χ0) is 51.2. The maximum absolute atomic E-state index is 14.6. The largest absolute Gasteiger partial charge is 0.351 e. The number of thioether (sulfide) groups is 2. The highest BCUT2D eigenvalue weighted by Gasteiger charge is 2.56. The molecule has 386 valence electrons. The number of carbonyl (C=O) groups excluding carboxylic acids is 8. The smallest absolute Gasteiger partial charge is 0.247 e. The van der Waals surface area contributed by atoms with Crippen molar-refractivity contribution in [3.63, 3.8) is 0 Å². The summed E-state index contributed by atoms with van der Waals surface area (Å²) in [7, 11) is 3.33. The highest BCUT2D eigenvalue weighted by atomic mass is 32.2. The van der Waals surface area contributed by atoms with Gasteiger partial charge in [-0.05, 0) is 106 Å². The van der Waals surface area contributed by atoms with E-state index >= 15 is 0 Å². The van der Waals surface area contributed by atoms with Crippen LogP contribution in [0.2, 0.25) is 0 Å². The quantitative estimate of drug-likeness (QED) is 0.121. The van der Waals surface area contributed by atoms with Crippen LogP contribution in [0.5, 0.6) is 0 Å². The first kappa shape index (κ1) is 53.6. The Morgan fingerprint density at radius 2 is 1.00 bits per heavy atom. The molecule has 2 aromatic carbocycles. The van der Waals surface area contributed by atoms with E-state index in [1.807, 2.05) is 39.8 Å². The molecule has 7 rings (SSSR count). The van der Waals surface area contributed by atoms with Gasteiger partial charge in [-0.3, -0.25) is 38.4 Å². The van der Waals surface area contributed by atoms with Gasteiger partial charge in [0.25, 0.3) is 0 Å². The van der Waals surface area contributed by atoms with E-state index in [4.69, 9.17) is 0 Å². The normalized spacial score (nSPS) is 28.1. The van der Waals surface area contributed by atoms with Gasteiger partial charge < -0.3 is 52.3 Å². The van der Waals surface area contributed by atoms with Gasteiger partial charge in [0.2, 0.25) is 47.3 Å². The number of benzene rings is 2. The summed E-state index contributed by atoms with van der Waals surface area (Å²) in [4.78, 5) is 115. The van der Waals surface area contributed by atoms with Crippen molar-refractivity contribution in [1.82, 2.24) is 52.3 Å². The molecule has 4 heterocycles. The zero-order valence-electron chi connectivity index (χ0n) is 41.9. The number of nitrogens with zero attached hydrogens (tertiary/aromatic N) is 2. The summed E-state index contributed by atoms with van der Waals surface area (Å²) in [5, 5.41) is 23.3. The lowest BCUT2D eigenvalue weighted by Gasteiger charge is -2.36. The highest BCUT2D eigenvalue weighted by Crippen LogP contribution is 2.48. The number of likely N-dealkylation sites (N-methyl/N-ethyl adjacent to an activating group) is 2. The lowest BCUT2D eigenvalue weighted by atomic mass is 9.83. The number of hydrogen-bond donors (Lipinski definition) is 8. The van der Waals surface area contributed by atoms with Crippen LogP contribution in [0.3, 0.4) is 0 Å². The molecular formula is C51H72N10O8S2. The number of hydrogen-bond acceptors (Lipinski definition) is 12. The average Bonchev–Trinajstić information content (AvgIpc) is 3.66. The Hall–Kier alpha value is -5.18. The molecule has 1 aliphatic carbocycles. The van der Waals surface area contributed by atoms with Gasteiger partial charge in [0.1, 0.15) is 36.3 Å². The Morgan fingerprint density at radius 3 is 1.39 bits per heavy atom. The van der Waals surface area contributed by atoms with Gasteiger partial charge in [-0.1, -0.05) is 88.4 Å². The van der Waals surface area contributed by atoms with Crippen LogP contribution in [0.15, 0.2) is 60.7 Å². The van der Waals surface area contributed by atoms with E-state index in [-0.39, 0.29) is 53.0 Å². The van der Waals surface area contributed by atoms with Crippen LogP contribution in [0.4, 0.5) is 0 Å². The summed E-state index contributed by atoms with van der Waals surface area (Å²) in [5.41, 5.74) is -0.111. The highest BCUT2D eigenvalue weighted by molar-refractivity contribution is 8.00. The Kier molecular flexibility index (Phi) is 17.5. The topological polar surface area (TPSA) is 239 Å². The van der Waals surface area contributed by atoms with Crippen molar-refractivity contribution >= 4 is 70.8 Å². The van der Waals surface area contributed by atoms with Gasteiger partial charge in [-0.2, -0.15) is 0 Å². The number of rotatable bonds is 16. The van der Waals surface area contributed by atoms with Crippen molar-refractivity contribution in [3.05, 3.63) is 71.8 Å². The predicted molar refractivity (Wildman–Crippen MR) is 273 cm³/mol. The fourth-order valence-electron chi connectivity index (χ4n) is 10.8. The molecule has 9 atom stereocenters. The SMILES string of the molecule is CNCC(=O)N[C@H]1CCS[C@H]2CC(C)(C)[C@@H](C(=O)N[C@H](C(=O)NC3CCC(NC(=O)C(NC(=O)[C@H]4N5C(=O)[C@@H](NC(=O)[C@H](C)NC)CCS[C@H]5CC4(C)C)c4ccccc4)CC3)c3ccccc3)N2C1=O. The van der Waals surface area contributed by atoms with Crippen molar-refractivity contribution in [1.29, 1.82) is 0 Å². The van der Waals surface area contributed by atoms with E-state index in [1.165, 1.54) is 0 Å². The Balaban J connectivity index is 1.00. The maximum atomic E-state index is 14.6. The lowest BCUT2D eigenvalue weighted by molar-refractivity contribution is -0.144.